The zero-order chi connectivity index (χ0) is 25.7. The van der Waals surface area contributed by atoms with Crippen molar-refractivity contribution in [2.75, 3.05) is 25.1 Å². The van der Waals surface area contributed by atoms with Crippen LogP contribution in [0.3, 0.4) is 0 Å². The Morgan fingerprint density at radius 2 is 1.17 bits per heavy atom. The van der Waals surface area contributed by atoms with Crippen molar-refractivity contribution >= 4 is 80.0 Å². The molecule has 36 heavy (non-hydrogen) atoms. The van der Waals surface area contributed by atoms with Gasteiger partial charge in [0.15, 0.2) is 34.6 Å². The molecule has 3 aromatic carbocycles. The van der Waals surface area contributed by atoms with Gasteiger partial charge in [-0.2, -0.15) is 10.2 Å². The van der Waals surface area contributed by atoms with Gasteiger partial charge in [0.1, 0.15) is 0 Å². The Labute approximate surface area is 233 Å². The molecule has 4 N–H and O–H groups in total. The molecule has 0 bridgehead atoms. The van der Waals surface area contributed by atoms with E-state index in [1.807, 2.05) is 69.4 Å². The smallest absolute Gasteiger partial charge is 0.176 e. The van der Waals surface area contributed by atoms with E-state index >= 15 is 0 Å². The monoisotopic (exact) mass is 710 g/mol. The van der Waals surface area contributed by atoms with Crippen LogP contribution in [0.5, 0.6) is 23.0 Å². The van der Waals surface area contributed by atoms with Crippen LogP contribution in [0.1, 0.15) is 11.1 Å². The van der Waals surface area contributed by atoms with Crippen LogP contribution < -0.4 is 20.3 Å². The predicted molar refractivity (Wildman–Crippen MR) is 157 cm³/mol. The van der Waals surface area contributed by atoms with Crippen molar-refractivity contribution in [2.45, 2.75) is 0 Å². The van der Waals surface area contributed by atoms with Gasteiger partial charge < -0.3 is 19.7 Å². The van der Waals surface area contributed by atoms with Crippen molar-refractivity contribution in [3.63, 3.8) is 0 Å². The molecule has 0 spiro atoms. The second-order valence-electron chi connectivity index (χ2n) is 7.29. The second-order valence-corrected chi connectivity index (χ2v) is 9.61. The highest BCUT2D eigenvalue weighted by molar-refractivity contribution is 14.1. The summed E-state index contributed by atoms with van der Waals surface area (Å²) >= 11 is 4.06. The molecule has 1 heterocycles. The maximum Gasteiger partial charge on any atom is 0.176 e. The summed E-state index contributed by atoms with van der Waals surface area (Å²) in [6.45, 7) is 0. The van der Waals surface area contributed by atoms with E-state index < -0.39 is 0 Å². The molecule has 0 aliphatic carbocycles. The third-order valence-corrected chi connectivity index (χ3v) is 6.64. The lowest BCUT2D eigenvalue weighted by molar-refractivity contribution is 0.371. The quantitative estimate of drug-likeness (QED) is 0.112. The van der Waals surface area contributed by atoms with E-state index in [1.165, 1.54) is 14.2 Å². The van der Waals surface area contributed by atoms with Crippen LogP contribution in [0.4, 0.5) is 11.6 Å². The molecule has 4 rings (SSSR count). The number of aromatic nitrogens is 2. The first kappa shape index (κ1) is 25.7. The molecule has 4 aromatic rings. The number of nitrogens with one attached hydrogen (secondary N) is 2. The standard InChI is InChI=1S/C24H20I2N6O4/c1-35-19-9-13(7-17(25)21(19)33)11-27-29-23-15-5-3-4-6-16(15)24(32-31-23)30-28-12-14-8-18(26)22(34)20(10-14)36-2/h3-12,33-34H,1-2H3,(H,29,31)(H,30,32)/b27-11+,28-12+. The Hall–Kier alpha value is -3.40. The van der Waals surface area contributed by atoms with Crippen molar-refractivity contribution in [3.05, 3.63) is 66.8 Å². The van der Waals surface area contributed by atoms with Crippen LogP contribution in [-0.2, 0) is 0 Å². The lowest BCUT2D eigenvalue weighted by atomic mass is 10.2. The number of hydrazone groups is 2. The molecule has 0 saturated carbocycles. The van der Waals surface area contributed by atoms with Crippen molar-refractivity contribution in [2.24, 2.45) is 10.2 Å². The van der Waals surface area contributed by atoms with Gasteiger partial charge in [0.05, 0.1) is 33.8 Å². The Bertz CT molecular complexity index is 1370. The number of methoxy groups -OCH3 is 2. The molecule has 0 saturated heterocycles. The van der Waals surface area contributed by atoms with Crippen molar-refractivity contribution in [1.29, 1.82) is 0 Å². The summed E-state index contributed by atoms with van der Waals surface area (Å²) < 4.78 is 11.7. The number of nitrogens with zero attached hydrogens (tertiary/aromatic N) is 4. The van der Waals surface area contributed by atoms with E-state index in [9.17, 15) is 10.2 Å². The minimum atomic E-state index is 0.0881. The summed E-state index contributed by atoms with van der Waals surface area (Å²) in [5, 5.41) is 38.6. The van der Waals surface area contributed by atoms with Crippen molar-refractivity contribution in [1.82, 2.24) is 10.2 Å². The summed E-state index contributed by atoms with van der Waals surface area (Å²) in [6.07, 6.45) is 3.20. The van der Waals surface area contributed by atoms with Crippen LogP contribution in [-0.4, -0.2) is 47.1 Å². The molecule has 12 heteroatoms. The Morgan fingerprint density at radius 3 is 1.56 bits per heavy atom. The number of rotatable bonds is 8. The average Bonchev–Trinajstić information content (AvgIpc) is 2.88. The summed E-state index contributed by atoms with van der Waals surface area (Å²) in [5.74, 6) is 1.84. The molecule has 0 aliphatic rings. The molecule has 10 nitrogen and oxygen atoms in total. The number of phenolic OH excluding ortho intramolecular Hbond substituents is 2. The van der Waals surface area contributed by atoms with Gasteiger partial charge in [-0.25, -0.2) is 0 Å². The number of benzene rings is 3. The number of fused-ring (bicyclic) bond motifs is 1. The molecule has 0 unspecified atom stereocenters. The maximum absolute atomic E-state index is 10.0. The molecule has 0 fully saturated rings. The molecule has 1 aromatic heterocycles. The molecular formula is C24H20I2N6O4. The highest BCUT2D eigenvalue weighted by Gasteiger charge is 2.10. The third kappa shape index (κ3) is 5.70. The first-order valence-electron chi connectivity index (χ1n) is 10.4. The summed E-state index contributed by atoms with van der Waals surface area (Å²) in [7, 11) is 2.99. The fourth-order valence-electron chi connectivity index (χ4n) is 3.25. The number of hydrogen-bond acceptors (Lipinski definition) is 10. The minimum absolute atomic E-state index is 0.0881. The van der Waals surface area contributed by atoms with E-state index in [0.717, 1.165) is 21.9 Å². The fourth-order valence-corrected chi connectivity index (χ4v) is 4.50. The van der Waals surface area contributed by atoms with E-state index in [1.54, 1.807) is 36.7 Å². The van der Waals surface area contributed by atoms with Gasteiger partial charge >= 0.3 is 0 Å². The van der Waals surface area contributed by atoms with E-state index in [4.69, 9.17) is 9.47 Å². The lowest BCUT2D eigenvalue weighted by Crippen LogP contribution is -2.02. The fraction of sp³-hybridized carbons (Fsp3) is 0.0833. The average molecular weight is 710 g/mol. The number of anilines is 2. The maximum atomic E-state index is 10.0. The first-order chi connectivity index (χ1) is 17.4. The number of hydrogen-bond donors (Lipinski definition) is 4. The lowest BCUT2D eigenvalue weighted by Gasteiger charge is -2.09. The first-order valence-corrected chi connectivity index (χ1v) is 12.5. The van der Waals surface area contributed by atoms with Crippen LogP contribution >= 0.6 is 45.2 Å². The van der Waals surface area contributed by atoms with Gasteiger partial charge in [0.25, 0.3) is 0 Å². The highest BCUT2D eigenvalue weighted by Crippen LogP contribution is 2.33. The molecule has 0 aliphatic heterocycles. The van der Waals surface area contributed by atoms with Gasteiger partial charge in [-0.1, -0.05) is 24.3 Å². The highest BCUT2D eigenvalue weighted by atomic mass is 127. The molecule has 0 atom stereocenters. The Morgan fingerprint density at radius 1 is 0.750 bits per heavy atom. The topological polar surface area (TPSA) is 133 Å². The zero-order valence-corrected chi connectivity index (χ0v) is 23.3. The second kappa shape index (κ2) is 11.6. The number of halogens is 2. The molecule has 0 amide bonds. The van der Waals surface area contributed by atoms with Crippen molar-refractivity contribution < 1.29 is 19.7 Å². The number of phenols is 2. The third-order valence-electron chi connectivity index (χ3n) is 5.00. The van der Waals surface area contributed by atoms with E-state index in [2.05, 4.69) is 31.3 Å². The van der Waals surface area contributed by atoms with E-state index in [-0.39, 0.29) is 11.5 Å². The van der Waals surface area contributed by atoms with Gasteiger partial charge in [0, 0.05) is 10.8 Å². The van der Waals surface area contributed by atoms with Gasteiger partial charge in [-0.3, -0.25) is 10.9 Å². The molecule has 184 valence electrons. The summed E-state index contributed by atoms with van der Waals surface area (Å²) in [5.41, 5.74) is 7.34. The zero-order valence-electron chi connectivity index (χ0n) is 19.0. The summed E-state index contributed by atoms with van der Waals surface area (Å²) in [4.78, 5) is 0. The Kier molecular flexibility index (Phi) is 8.25. The van der Waals surface area contributed by atoms with Crippen molar-refractivity contribution in [3.8, 4) is 23.0 Å². The number of ether oxygens (including phenoxy) is 2. The Balaban J connectivity index is 1.54. The largest absolute Gasteiger partial charge is 0.504 e. The normalized spacial score (nSPS) is 11.3. The number of aromatic hydroxyl groups is 2. The van der Waals surface area contributed by atoms with Gasteiger partial charge in [-0.15, -0.1) is 10.2 Å². The van der Waals surface area contributed by atoms with Crippen LogP contribution in [0.15, 0.2) is 58.7 Å². The SMILES string of the molecule is COc1cc(/C=N/Nc2nnc(N/N=C/c3cc(I)c(O)c(OC)c3)c3ccccc23)cc(I)c1O. The minimum Gasteiger partial charge on any atom is -0.504 e. The van der Waals surface area contributed by atoms with Crippen LogP contribution in [0.25, 0.3) is 10.8 Å². The molecular weight excluding hydrogens is 690 g/mol. The van der Waals surface area contributed by atoms with E-state index in [0.29, 0.717) is 30.3 Å². The summed E-state index contributed by atoms with van der Waals surface area (Å²) in [6, 6.07) is 14.5. The van der Waals surface area contributed by atoms with Gasteiger partial charge in [-0.05, 0) is 80.6 Å². The van der Waals surface area contributed by atoms with Crippen LogP contribution in [0.2, 0.25) is 0 Å². The molecule has 0 radical (unpaired) electrons. The van der Waals surface area contributed by atoms with Crippen LogP contribution in [0, 0.1) is 7.14 Å². The predicted octanol–water partition coefficient (Wildman–Crippen LogP) is 5.16. The van der Waals surface area contributed by atoms with Gasteiger partial charge in [0.2, 0.25) is 0 Å².